The van der Waals surface area contributed by atoms with E-state index < -0.39 is 15.8 Å². The van der Waals surface area contributed by atoms with Gasteiger partial charge in [0.1, 0.15) is 5.82 Å². The summed E-state index contributed by atoms with van der Waals surface area (Å²) in [5.74, 6) is -0.572. The van der Waals surface area contributed by atoms with Gasteiger partial charge in [0, 0.05) is 6.54 Å². The zero-order chi connectivity index (χ0) is 13.1. The van der Waals surface area contributed by atoms with Gasteiger partial charge in [-0.25, -0.2) is 17.5 Å². The number of nitrogens with one attached hydrogen (secondary N) is 1. The maximum Gasteiger partial charge on any atom is 0.240 e. The van der Waals surface area contributed by atoms with E-state index >= 15 is 0 Å². The van der Waals surface area contributed by atoms with E-state index in [-0.39, 0.29) is 16.1 Å². The van der Waals surface area contributed by atoms with E-state index in [1.54, 1.807) is 0 Å². The maximum absolute atomic E-state index is 13.3. The second-order valence-corrected chi connectivity index (χ2v) is 5.66. The van der Waals surface area contributed by atoms with E-state index in [0.29, 0.717) is 6.54 Å². The molecule has 0 saturated heterocycles. The largest absolute Gasteiger partial charge is 0.396 e. The summed E-state index contributed by atoms with van der Waals surface area (Å²) in [4.78, 5) is 0.00463. The van der Waals surface area contributed by atoms with E-state index in [2.05, 4.69) is 4.72 Å². The topological polar surface area (TPSA) is 72.2 Å². The lowest BCUT2D eigenvalue weighted by atomic mass is 10.2. The van der Waals surface area contributed by atoms with Crippen LogP contribution in [0.25, 0.3) is 0 Å². The lowest BCUT2D eigenvalue weighted by molar-refractivity contribution is 0.577. The van der Waals surface area contributed by atoms with Gasteiger partial charge in [0.25, 0.3) is 0 Å². The first kappa shape index (κ1) is 13.9. The number of nitrogen functional groups attached to an aromatic ring is 1. The van der Waals surface area contributed by atoms with Gasteiger partial charge in [-0.2, -0.15) is 0 Å². The lowest BCUT2D eigenvalue weighted by Crippen LogP contribution is -2.25. The molecule has 0 radical (unpaired) electrons. The first-order chi connectivity index (χ1) is 7.88. The molecule has 1 aromatic rings. The van der Waals surface area contributed by atoms with Crippen molar-refractivity contribution < 1.29 is 12.8 Å². The van der Waals surface area contributed by atoms with Crippen LogP contribution in [0.3, 0.4) is 0 Å². The van der Waals surface area contributed by atoms with E-state index in [4.69, 9.17) is 5.73 Å². The van der Waals surface area contributed by atoms with Crippen LogP contribution in [0.4, 0.5) is 10.1 Å². The van der Waals surface area contributed by atoms with Gasteiger partial charge in [0.2, 0.25) is 10.0 Å². The predicted octanol–water partition coefficient (Wildman–Crippen LogP) is 1.79. The fourth-order valence-electron chi connectivity index (χ4n) is 1.38. The Kier molecular flexibility index (Phi) is 4.47. The Morgan fingerprint density at radius 1 is 1.41 bits per heavy atom. The molecule has 0 amide bonds. The van der Waals surface area contributed by atoms with Crippen molar-refractivity contribution in [3.8, 4) is 0 Å². The Labute approximate surface area is 101 Å². The predicted molar refractivity (Wildman–Crippen MR) is 65.6 cm³/mol. The summed E-state index contributed by atoms with van der Waals surface area (Å²) in [5.41, 5.74) is 5.48. The molecule has 4 nitrogen and oxygen atoms in total. The number of hydrogen-bond donors (Lipinski definition) is 2. The van der Waals surface area contributed by atoms with Gasteiger partial charge in [0.15, 0.2) is 0 Å². The Hall–Kier alpha value is -1.14. The van der Waals surface area contributed by atoms with Crippen LogP contribution >= 0.6 is 0 Å². The minimum absolute atomic E-state index is 0.00463. The van der Waals surface area contributed by atoms with Crippen molar-refractivity contribution in [2.75, 3.05) is 12.3 Å². The number of benzene rings is 1. The van der Waals surface area contributed by atoms with Crippen LogP contribution in [-0.2, 0) is 10.0 Å². The Bertz CT molecular complexity index is 477. The van der Waals surface area contributed by atoms with Crippen LogP contribution in [0.5, 0.6) is 0 Å². The number of halogens is 1. The Morgan fingerprint density at radius 2 is 2.06 bits per heavy atom. The van der Waals surface area contributed by atoms with Crippen LogP contribution in [0, 0.1) is 12.7 Å². The third-order valence-electron chi connectivity index (χ3n) is 2.39. The minimum atomic E-state index is -3.59. The average Bonchev–Trinajstić information content (AvgIpc) is 2.25. The quantitative estimate of drug-likeness (QED) is 0.626. The number of rotatable bonds is 5. The maximum atomic E-state index is 13.3. The fraction of sp³-hybridized carbons (Fsp3) is 0.455. The normalized spacial score (nSPS) is 11.7. The third kappa shape index (κ3) is 3.41. The van der Waals surface area contributed by atoms with Crippen molar-refractivity contribution in [1.29, 1.82) is 0 Å². The number of nitrogens with two attached hydrogens (primary N) is 1. The number of unbranched alkanes of at least 4 members (excludes halogenated alkanes) is 1. The van der Waals surface area contributed by atoms with Crippen molar-refractivity contribution in [3.63, 3.8) is 0 Å². The molecule has 0 aromatic heterocycles. The highest BCUT2D eigenvalue weighted by atomic mass is 32.2. The molecular formula is C11H17FN2O2S. The first-order valence-electron chi connectivity index (χ1n) is 5.43. The van der Waals surface area contributed by atoms with Crippen molar-refractivity contribution in [2.45, 2.75) is 31.6 Å². The highest BCUT2D eigenvalue weighted by Crippen LogP contribution is 2.20. The molecule has 0 heterocycles. The number of aryl methyl sites for hydroxylation is 1. The minimum Gasteiger partial charge on any atom is -0.396 e. The summed E-state index contributed by atoms with van der Waals surface area (Å²) in [6, 6.07) is 2.41. The van der Waals surface area contributed by atoms with E-state index in [9.17, 15) is 12.8 Å². The highest BCUT2D eigenvalue weighted by molar-refractivity contribution is 7.89. The SMILES string of the molecule is CCCCNS(=O)(=O)c1cc(C)c(F)c(N)c1. The molecular weight excluding hydrogens is 243 g/mol. The molecule has 0 saturated carbocycles. The first-order valence-corrected chi connectivity index (χ1v) is 6.92. The molecule has 0 atom stereocenters. The molecule has 1 rings (SSSR count). The van der Waals surface area contributed by atoms with E-state index in [0.717, 1.165) is 18.9 Å². The van der Waals surface area contributed by atoms with E-state index in [1.165, 1.54) is 13.0 Å². The molecule has 0 spiro atoms. The summed E-state index contributed by atoms with van der Waals surface area (Å²) < 4.78 is 39.4. The number of sulfonamides is 1. The van der Waals surface area contributed by atoms with Gasteiger partial charge in [-0.05, 0) is 31.0 Å². The van der Waals surface area contributed by atoms with Crippen LogP contribution < -0.4 is 10.5 Å². The Balaban J connectivity index is 2.99. The molecule has 0 fully saturated rings. The van der Waals surface area contributed by atoms with Gasteiger partial charge in [-0.3, -0.25) is 0 Å². The fourth-order valence-corrected chi connectivity index (χ4v) is 2.58. The summed E-state index contributed by atoms with van der Waals surface area (Å²) in [6.45, 7) is 3.82. The zero-order valence-corrected chi connectivity index (χ0v) is 10.8. The van der Waals surface area contributed by atoms with Crippen molar-refractivity contribution >= 4 is 15.7 Å². The standard InChI is InChI=1S/C11H17FN2O2S/c1-3-4-5-14-17(15,16)9-6-8(2)11(12)10(13)7-9/h6-7,14H,3-5,13H2,1-2H3. The Morgan fingerprint density at radius 3 is 2.59 bits per heavy atom. The summed E-state index contributed by atoms with van der Waals surface area (Å²) >= 11 is 0. The summed E-state index contributed by atoms with van der Waals surface area (Å²) in [7, 11) is -3.59. The van der Waals surface area contributed by atoms with Gasteiger partial charge in [-0.15, -0.1) is 0 Å². The van der Waals surface area contributed by atoms with Crippen LogP contribution in [0.2, 0.25) is 0 Å². The van der Waals surface area contributed by atoms with Gasteiger partial charge in [0.05, 0.1) is 10.6 Å². The van der Waals surface area contributed by atoms with Gasteiger partial charge >= 0.3 is 0 Å². The second-order valence-electron chi connectivity index (χ2n) is 3.89. The summed E-state index contributed by atoms with van der Waals surface area (Å²) in [5, 5.41) is 0. The molecule has 1 aromatic carbocycles. The molecule has 96 valence electrons. The molecule has 0 aliphatic rings. The number of anilines is 1. The van der Waals surface area contributed by atoms with Crippen LogP contribution in [-0.4, -0.2) is 15.0 Å². The monoisotopic (exact) mass is 260 g/mol. The third-order valence-corrected chi connectivity index (χ3v) is 3.83. The highest BCUT2D eigenvalue weighted by Gasteiger charge is 2.16. The van der Waals surface area contributed by atoms with Crippen molar-refractivity contribution in [2.24, 2.45) is 0 Å². The van der Waals surface area contributed by atoms with Crippen molar-refractivity contribution in [1.82, 2.24) is 4.72 Å². The molecule has 6 heteroatoms. The zero-order valence-electron chi connectivity index (χ0n) is 9.96. The molecule has 0 aliphatic heterocycles. The van der Waals surface area contributed by atoms with Crippen molar-refractivity contribution in [3.05, 3.63) is 23.5 Å². The van der Waals surface area contributed by atoms with Crippen LogP contribution in [0.15, 0.2) is 17.0 Å². The molecule has 0 aliphatic carbocycles. The van der Waals surface area contributed by atoms with Gasteiger partial charge < -0.3 is 5.73 Å². The van der Waals surface area contributed by atoms with Gasteiger partial charge in [-0.1, -0.05) is 13.3 Å². The number of hydrogen-bond acceptors (Lipinski definition) is 3. The van der Waals surface area contributed by atoms with E-state index in [1.807, 2.05) is 6.92 Å². The molecule has 3 N–H and O–H groups in total. The smallest absolute Gasteiger partial charge is 0.240 e. The van der Waals surface area contributed by atoms with Crippen LogP contribution in [0.1, 0.15) is 25.3 Å². The average molecular weight is 260 g/mol. The molecule has 0 bridgehead atoms. The second kappa shape index (κ2) is 5.46. The molecule has 0 unspecified atom stereocenters. The lowest BCUT2D eigenvalue weighted by Gasteiger charge is -2.09. The molecule has 17 heavy (non-hydrogen) atoms. The summed E-state index contributed by atoms with van der Waals surface area (Å²) in [6.07, 6.45) is 1.65.